The van der Waals surface area contributed by atoms with E-state index in [2.05, 4.69) is 5.32 Å². The predicted octanol–water partition coefficient (Wildman–Crippen LogP) is 2.17. The van der Waals surface area contributed by atoms with Gasteiger partial charge in [-0.2, -0.15) is 16.1 Å². The topological polar surface area (TPSA) is 49.4 Å². The Balaban J connectivity index is 2.97. The highest BCUT2D eigenvalue weighted by molar-refractivity contribution is 7.98. The summed E-state index contributed by atoms with van der Waals surface area (Å²) in [5.41, 5.74) is 0.985. The first kappa shape index (κ1) is 17.5. The van der Waals surface area contributed by atoms with Crippen molar-refractivity contribution < 1.29 is 8.42 Å². The summed E-state index contributed by atoms with van der Waals surface area (Å²) in [4.78, 5) is 0.364. The molecule has 0 fully saturated rings. The molecule has 20 heavy (non-hydrogen) atoms. The van der Waals surface area contributed by atoms with Gasteiger partial charge in [-0.1, -0.05) is 19.1 Å². The zero-order valence-corrected chi connectivity index (χ0v) is 14.2. The number of benzene rings is 1. The molecule has 1 atom stereocenters. The van der Waals surface area contributed by atoms with E-state index in [0.717, 1.165) is 17.9 Å². The van der Waals surface area contributed by atoms with E-state index < -0.39 is 10.0 Å². The molecule has 0 aliphatic carbocycles. The van der Waals surface area contributed by atoms with E-state index in [1.165, 1.54) is 4.31 Å². The molecule has 0 aliphatic heterocycles. The van der Waals surface area contributed by atoms with Crippen LogP contribution < -0.4 is 5.32 Å². The van der Waals surface area contributed by atoms with Gasteiger partial charge in [-0.3, -0.25) is 0 Å². The molecule has 1 aromatic carbocycles. The van der Waals surface area contributed by atoms with Crippen molar-refractivity contribution in [1.29, 1.82) is 0 Å². The maximum atomic E-state index is 12.6. The van der Waals surface area contributed by atoms with E-state index in [1.807, 2.05) is 26.2 Å². The zero-order chi connectivity index (χ0) is 15.2. The fourth-order valence-electron chi connectivity index (χ4n) is 1.83. The van der Waals surface area contributed by atoms with Crippen molar-refractivity contribution in [3.05, 3.63) is 29.8 Å². The minimum Gasteiger partial charge on any atom is -0.313 e. The number of sulfonamides is 1. The highest BCUT2D eigenvalue weighted by atomic mass is 32.2. The van der Waals surface area contributed by atoms with Gasteiger partial charge in [-0.25, -0.2) is 8.42 Å². The molecule has 0 heterocycles. The van der Waals surface area contributed by atoms with Crippen LogP contribution in [0.4, 0.5) is 0 Å². The Morgan fingerprint density at radius 2 is 2.10 bits per heavy atom. The van der Waals surface area contributed by atoms with Crippen LogP contribution in [0.5, 0.6) is 0 Å². The Morgan fingerprint density at radius 1 is 1.40 bits per heavy atom. The fraction of sp³-hybridized carbons (Fsp3) is 0.571. The molecule has 0 amide bonds. The van der Waals surface area contributed by atoms with Crippen molar-refractivity contribution in [1.82, 2.24) is 9.62 Å². The largest absolute Gasteiger partial charge is 0.313 e. The number of hydrogen-bond acceptors (Lipinski definition) is 4. The Labute approximate surface area is 127 Å². The molecule has 0 saturated carbocycles. The van der Waals surface area contributed by atoms with Gasteiger partial charge in [0.2, 0.25) is 10.0 Å². The van der Waals surface area contributed by atoms with Crippen LogP contribution in [0.3, 0.4) is 0 Å². The monoisotopic (exact) mass is 316 g/mol. The molecule has 4 nitrogen and oxygen atoms in total. The van der Waals surface area contributed by atoms with Crippen LogP contribution in [0.15, 0.2) is 29.2 Å². The van der Waals surface area contributed by atoms with Crippen LogP contribution in [0.25, 0.3) is 0 Å². The molecular formula is C14H24N2O2S2. The first-order valence-corrected chi connectivity index (χ1v) is 9.53. The van der Waals surface area contributed by atoms with Crippen molar-refractivity contribution in [2.24, 2.45) is 0 Å². The molecule has 0 aliphatic rings. The van der Waals surface area contributed by atoms with Crippen molar-refractivity contribution in [2.45, 2.75) is 31.3 Å². The Kier molecular flexibility index (Phi) is 7.02. The zero-order valence-electron chi connectivity index (χ0n) is 12.6. The third-order valence-corrected chi connectivity index (χ3v) is 5.97. The molecule has 1 rings (SSSR count). The molecule has 0 saturated heterocycles. The number of hydrogen-bond donors (Lipinski definition) is 1. The summed E-state index contributed by atoms with van der Waals surface area (Å²) >= 11 is 1.65. The van der Waals surface area contributed by atoms with Crippen LogP contribution in [0.1, 0.15) is 19.4 Å². The minimum absolute atomic E-state index is 0.0209. The van der Waals surface area contributed by atoms with E-state index in [1.54, 1.807) is 37.0 Å². The molecule has 1 N–H and O–H groups in total. The number of thioether (sulfide) groups is 1. The van der Waals surface area contributed by atoms with Gasteiger partial charge in [0, 0.05) is 25.4 Å². The molecule has 0 spiro atoms. The summed E-state index contributed by atoms with van der Waals surface area (Å²) in [6.45, 7) is 5.50. The third-order valence-electron chi connectivity index (χ3n) is 3.18. The van der Waals surface area contributed by atoms with Crippen molar-refractivity contribution >= 4 is 21.8 Å². The normalized spacial score (nSPS) is 13.7. The lowest BCUT2D eigenvalue weighted by Gasteiger charge is -2.24. The maximum Gasteiger partial charge on any atom is 0.243 e. The Morgan fingerprint density at radius 3 is 2.70 bits per heavy atom. The van der Waals surface area contributed by atoms with Gasteiger partial charge in [0.25, 0.3) is 0 Å². The third kappa shape index (κ3) is 4.48. The summed E-state index contributed by atoms with van der Waals surface area (Å²) in [5.74, 6) is 0.785. The van der Waals surface area contributed by atoms with E-state index in [-0.39, 0.29) is 6.04 Å². The molecular weight excluding hydrogens is 292 g/mol. The first-order chi connectivity index (χ1) is 9.43. The average molecular weight is 316 g/mol. The standard InChI is InChI=1S/C14H24N2O2S2/c1-5-15-10-13-7-6-8-14(9-13)20(17,18)16(3)12(2)11-19-4/h6-9,12,15H,5,10-11H2,1-4H3. The maximum absolute atomic E-state index is 12.6. The highest BCUT2D eigenvalue weighted by Gasteiger charge is 2.25. The van der Waals surface area contributed by atoms with Crippen LogP contribution in [-0.2, 0) is 16.6 Å². The SMILES string of the molecule is CCNCc1cccc(S(=O)(=O)N(C)C(C)CSC)c1. The molecule has 0 radical (unpaired) electrons. The second-order valence-electron chi connectivity index (χ2n) is 4.75. The highest BCUT2D eigenvalue weighted by Crippen LogP contribution is 2.19. The summed E-state index contributed by atoms with van der Waals surface area (Å²) in [6.07, 6.45) is 1.98. The van der Waals surface area contributed by atoms with E-state index in [0.29, 0.717) is 11.4 Å². The second kappa shape index (κ2) is 8.02. The Bertz CT molecular complexity index is 518. The molecule has 114 valence electrons. The van der Waals surface area contributed by atoms with Crippen LogP contribution in [-0.4, -0.2) is 44.4 Å². The minimum atomic E-state index is -3.42. The van der Waals surface area contributed by atoms with Gasteiger partial charge in [0.1, 0.15) is 0 Å². The van der Waals surface area contributed by atoms with Crippen LogP contribution in [0, 0.1) is 0 Å². The lowest BCUT2D eigenvalue weighted by molar-refractivity contribution is 0.415. The van der Waals surface area contributed by atoms with Gasteiger partial charge in [0.05, 0.1) is 4.90 Å². The predicted molar refractivity (Wildman–Crippen MR) is 86.6 cm³/mol. The number of rotatable bonds is 8. The van der Waals surface area contributed by atoms with Gasteiger partial charge in [0.15, 0.2) is 0 Å². The summed E-state index contributed by atoms with van der Waals surface area (Å²) in [7, 11) is -1.77. The lowest BCUT2D eigenvalue weighted by Crippen LogP contribution is -2.36. The first-order valence-electron chi connectivity index (χ1n) is 6.70. The van der Waals surface area contributed by atoms with Gasteiger partial charge >= 0.3 is 0 Å². The van der Waals surface area contributed by atoms with E-state index >= 15 is 0 Å². The van der Waals surface area contributed by atoms with Gasteiger partial charge in [-0.15, -0.1) is 0 Å². The quantitative estimate of drug-likeness (QED) is 0.798. The van der Waals surface area contributed by atoms with Crippen LogP contribution >= 0.6 is 11.8 Å². The number of nitrogens with zero attached hydrogens (tertiary/aromatic N) is 1. The van der Waals surface area contributed by atoms with Gasteiger partial charge < -0.3 is 5.32 Å². The molecule has 1 aromatic rings. The lowest BCUT2D eigenvalue weighted by atomic mass is 10.2. The molecule has 0 aromatic heterocycles. The van der Waals surface area contributed by atoms with E-state index in [4.69, 9.17) is 0 Å². The van der Waals surface area contributed by atoms with Crippen molar-refractivity contribution in [3.8, 4) is 0 Å². The smallest absolute Gasteiger partial charge is 0.243 e. The van der Waals surface area contributed by atoms with Crippen molar-refractivity contribution in [3.63, 3.8) is 0 Å². The summed E-state index contributed by atoms with van der Waals surface area (Å²) in [5, 5.41) is 3.20. The van der Waals surface area contributed by atoms with Crippen LogP contribution in [0.2, 0.25) is 0 Å². The fourth-order valence-corrected chi connectivity index (χ4v) is 4.07. The molecule has 0 bridgehead atoms. The summed E-state index contributed by atoms with van der Waals surface area (Å²) < 4.78 is 26.6. The Hall–Kier alpha value is -0.560. The van der Waals surface area contributed by atoms with Gasteiger partial charge in [-0.05, 0) is 37.4 Å². The number of nitrogens with one attached hydrogen (secondary N) is 1. The van der Waals surface area contributed by atoms with Crippen molar-refractivity contribution in [2.75, 3.05) is 25.6 Å². The second-order valence-corrected chi connectivity index (χ2v) is 7.66. The summed E-state index contributed by atoms with van der Waals surface area (Å²) in [6, 6.07) is 7.12. The molecule has 1 unspecified atom stereocenters. The molecule has 6 heteroatoms. The van der Waals surface area contributed by atoms with E-state index in [9.17, 15) is 8.42 Å². The average Bonchev–Trinajstić information content (AvgIpc) is 2.44.